The van der Waals surface area contributed by atoms with Gasteiger partial charge in [0.2, 0.25) is 0 Å². The van der Waals surface area contributed by atoms with Crippen molar-refractivity contribution >= 4 is 12.0 Å². The number of piperidine rings is 1. The van der Waals surface area contributed by atoms with Crippen molar-refractivity contribution in [1.29, 1.82) is 0 Å². The first-order chi connectivity index (χ1) is 17.3. The van der Waals surface area contributed by atoms with Gasteiger partial charge in [-0.1, -0.05) is 94.3 Å². The van der Waals surface area contributed by atoms with Crippen LogP contribution in [0.4, 0.5) is 0 Å². The molecular weight excluding hydrogens is 444 g/mol. The van der Waals surface area contributed by atoms with Crippen LogP contribution in [-0.4, -0.2) is 55.0 Å². The largest absolute Gasteiger partial charge is 0.450 e. The summed E-state index contributed by atoms with van der Waals surface area (Å²) in [6.07, 6.45) is 8.94. The molecular formula is C32H46N2O2. The van der Waals surface area contributed by atoms with Crippen molar-refractivity contribution in [3.05, 3.63) is 77.9 Å². The van der Waals surface area contributed by atoms with Crippen LogP contribution in [-0.2, 0) is 15.1 Å². The molecule has 4 heteroatoms. The minimum atomic E-state index is -0.713. The van der Waals surface area contributed by atoms with Crippen LogP contribution >= 0.6 is 0 Å². The zero-order valence-corrected chi connectivity index (χ0v) is 23.1. The van der Waals surface area contributed by atoms with Gasteiger partial charge >= 0.3 is 5.97 Å². The summed E-state index contributed by atoms with van der Waals surface area (Å²) in [7, 11) is 2.21. The lowest BCUT2D eigenvalue weighted by molar-refractivity contribution is -0.197. The van der Waals surface area contributed by atoms with E-state index in [1.165, 1.54) is 25.7 Å². The fourth-order valence-corrected chi connectivity index (χ4v) is 5.69. The molecule has 3 unspecified atom stereocenters. The average molecular weight is 491 g/mol. The number of unbranched alkanes of at least 4 members (excludes halogenated alkanes) is 2. The Bertz CT molecular complexity index is 953. The first-order valence-electron chi connectivity index (χ1n) is 13.8. The summed E-state index contributed by atoms with van der Waals surface area (Å²) in [6, 6.07) is 20.7. The number of rotatable bonds is 12. The zero-order valence-electron chi connectivity index (χ0n) is 23.1. The van der Waals surface area contributed by atoms with E-state index in [2.05, 4.69) is 68.8 Å². The van der Waals surface area contributed by atoms with Gasteiger partial charge in [0.1, 0.15) is 5.60 Å². The maximum Gasteiger partial charge on any atom is 0.331 e. The molecule has 1 fully saturated rings. The zero-order chi connectivity index (χ0) is 26.0. The van der Waals surface area contributed by atoms with Crippen molar-refractivity contribution in [2.75, 3.05) is 33.2 Å². The molecule has 0 radical (unpaired) electrons. The Hall–Kier alpha value is -2.43. The van der Waals surface area contributed by atoms with E-state index in [1.54, 1.807) is 6.08 Å². The van der Waals surface area contributed by atoms with Gasteiger partial charge in [-0.25, -0.2) is 4.79 Å². The number of hydrogen-bond donors (Lipinski definition) is 0. The lowest BCUT2D eigenvalue weighted by Gasteiger charge is -2.57. The SMILES string of the molecule is CCCCN(CCCC)CC1(C)CN(C)C(C)CC1(OC(=O)/C=C/c1ccccc1)c1ccccc1. The lowest BCUT2D eigenvalue weighted by atomic mass is 9.63. The molecule has 3 rings (SSSR count). The fraction of sp³-hybridized carbons (Fsp3) is 0.531. The Balaban J connectivity index is 2.01. The van der Waals surface area contributed by atoms with E-state index in [9.17, 15) is 4.79 Å². The summed E-state index contributed by atoms with van der Waals surface area (Å²) in [6.45, 7) is 13.0. The van der Waals surface area contributed by atoms with Crippen molar-refractivity contribution in [2.24, 2.45) is 5.41 Å². The smallest absolute Gasteiger partial charge is 0.331 e. The number of nitrogens with zero attached hydrogens (tertiary/aromatic N) is 2. The maximum absolute atomic E-state index is 13.4. The van der Waals surface area contributed by atoms with Crippen molar-refractivity contribution in [3.8, 4) is 0 Å². The van der Waals surface area contributed by atoms with E-state index in [4.69, 9.17) is 4.74 Å². The number of ether oxygens (including phenoxy) is 1. The summed E-state index contributed by atoms with van der Waals surface area (Å²) in [5.74, 6) is -0.278. The van der Waals surface area contributed by atoms with Crippen molar-refractivity contribution in [1.82, 2.24) is 9.80 Å². The fourth-order valence-electron chi connectivity index (χ4n) is 5.69. The first-order valence-corrected chi connectivity index (χ1v) is 13.8. The Labute approximate surface area is 219 Å². The molecule has 0 aliphatic carbocycles. The number of carbonyl (C=O) groups excluding carboxylic acids is 1. The summed E-state index contributed by atoms with van der Waals surface area (Å²) in [5.41, 5.74) is 1.11. The summed E-state index contributed by atoms with van der Waals surface area (Å²) in [4.78, 5) is 18.5. The number of benzene rings is 2. The van der Waals surface area contributed by atoms with Crippen LogP contribution in [0.15, 0.2) is 66.7 Å². The second kappa shape index (κ2) is 13.2. The van der Waals surface area contributed by atoms with Gasteiger partial charge in [-0.2, -0.15) is 0 Å². The molecule has 1 aliphatic heterocycles. The number of esters is 1. The molecule has 0 bridgehead atoms. The highest BCUT2D eigenvalue weighted by molar-refractivity contribution is 5.87. The molecule has 2 aromatic carbocycles. The Morgan fingerprint density at radius 1 is 1.03 bits per heavy atom. The van der Waals surface area contributed by atoms with Crippen LogP contribution in [0.1, 0.15) is 70.9 Å². The topological polar surface area (TPSA) is 32.8 Å². The lowest BCUT2D eigenvalue weighted by Crippen LogP contribution is -2.63. The highest BCUT2D eigenvalue weighted by Gasteiger charge is 2.57. The third-order valence-corrected chi connectivity index (χ3v) is 7.86. The standard InChI is InChI=1S/C32H46N2O2/c1-6-8-22-34(23-9-7-2)26-31(4)25-33(5)27(3)24-32(31,29-18-14-11-15-19-29)36-30(35)21-20-28-16-12-10-13-17-28/h10-21,27H,6-9,22-26H2,1-5H3/b21-20+. The Kier molecular flexibility index (Phi) is 10.3. The summed E-state index contributed by atoms with van der Waals surface area (Å²) >= 11 is 0. The normalized spacial score (nSPS) is 24.9. The molecule has 2 aromatic rings. The van der Waals surface area contributed by atoms with Gasteiger partial charge in [-0.3, -0.25) is 0 Å². The monoisotopic (exact) mass is 490 g/mol. The summed E-state index contributed by atoms with van der Waals surface area (Å²) < 4.78 is 6.65. The molecule has 1 aliphatic rings. The van der Waals surface area contributed by atoms with Crippen LogP contribution in [0, 0.1) is 5.41 Å². The molecule has 0 N–H and O–H groups in total. The van der Waals surface area contributed by atoms with Gasteiger partial charge in [0.25, 0.3) is 0 Å². The summed E-state index contributed by atoms with van der Waals surface area (Å²) in [5, 5.41) is 0. The van der Waals surface area contributed by atoms with Crippen LogP contribution in [0.3, 0.4) is 0 Å². The number of likely N-dealkylation sites (tertiary alicyclic amines) is 1. The molecule has 36 heavy (non-hydrogen) atoms. The van der Waals surface area contributed by atoms with Gasteiger partial charge in [-0.15, -0.1) is 0 Å². The first kappa shape index (κ1) is 28.1. The minimum absolute atomic E-state index is 0.270. The number of hydrogen-bond acceptors (Lipinski definition) is 4. The maximum atomic E-state index is 13.4. The highest BCUT2D eigenvalue weighted by Crippen LogP contribution is 2.51. The minimum Gasteiger partial charge on any atom is -0.450 e. The van der Waals surface area contributed by atoms with Gasteiger partial charge in [0, 0.05) is 37.0 Å². The predicted octanol–water partition coefficient (Wildman–Crippen LogP) is 6.77. The highest BCUT2D eigenvalue weighted by atomic mass is 16.6. The third kappa shape index (κ3) is 6.86. The van der Waals surface area contributed by atoms with E-state index >= 15 is 0 Å². The van der Waals surface area contributed by atoms with Crippen LogP contribution in [0.5, 0.6) is 0 Å². The van der Waals surface area contributed by atoms with Crippen LogP contribution in [0.25, 0.3) is 6.08 Å². The van der Waals surface area contributed by atoms with E-state index in [1.807, 2.05) is 42.5 Å². The molecule has 4 nitrogen and oxygen atoms in total. The van der Waals surface area contributed by atoms with Gasteiger partial charge in [0.05, 0.1) is 0 Å². The van der Waals surface area contributed by atoms with Gasteiger partial charge in [0.15, 0.2) is 0 Å². The molecule has 1 heterocycles. The Morgan fingerprint density at radius 2 is 1.61 bits per heavy atom. The van der Waals surface area contributed by atoms with Gasteiger partial charge in [-0.05, 0) is 57.1 Å². The van der Waals surface area contributed by atoms with Gasteiger partial charge < -0.3 is 14.5 Å². The Morgan fingerprint density at radius 3 is 2.19 bits per heavy atom. The molecule has 1 saturated heterocycles. The van der Waals surface area contributed by atoms with Crippen LogP contribution < -0.4 is 0 Å². The van der Waals surface area contributed by atoms with Crippen molar-refractivity contribution in [2.45, 2.75) is 71.4 Å². The molecule has 3 atom stereocenters. The third-order valence-electron chi connectivity index (χ3n) is 7.86. The van der Waals surface area contributed by atoms with Crippen LogP contribution in [0.2, 0.25) is 0 Å². The van der Waals surface area contributed by atoms with Crippen molar-refractivity contribution < 1.29 is 9.53 Å². The second-order valence-corrected chi connectivity index (χ2v) is 10.9. The molecule has 0 aromatic heterocycles. The predicted molar refractivity (Wildman–Crippen MR) is 151 cm³/mol. The molecule has 196 valence electrons. The van der Waals surface area contributed by atoms with E-state index < -0.39 is 5.60 Å². The van der Waals surface area contributed by atoms with E-state index in [-0.39, 0.29) is 11.4 Å². The second-order valence-electron chi connectivity index (χ2n) is 10.9. The number of carbonyl (C=O) groups is 1. The average Bonchev–Trinajstić information content (AvgIpc) is 2.88. The van der Waals surface area contributed by atoms with E-state index in [0.29, 0.717) is 6.04 Å². The quantitative estimate of drug-likeness (QED) is 0.243. The van der Waals surface area contributed by atoms with Crippen molar-refractivity contribution in [3.63, 3.8) is 0 Å². The molecule has 0 saturated carbocycles. The van der Waals surface area contributed by atoms with E-state index in [0.717, 1.165) is 43.7 Å². The molecule has 0 spiro atoms. The molecule has 0 amide bonds.